The largest absolute Gasteiger partial charge is 0.480 e. The van der Waals surface area contributed by atoms with Crippen LogP contribution in [-0.2, 0) is 4.79 Å². The maximum Gasteiger partial charge on any atom is 0.327 e. The molecular formula is C22H35N3O2S. The molecule has 1 atom stereocenters. The minimum absolute atomic E-state index is 0.501. The number of hydrogen-bond donors (Lipinski definition) is 3. The van der Waals surface area contributed by atoms with Crippen LogP contribution in [0.15, 0.2) is 41.1 Å². The predicted molar refractivity (Wildman–Crippen MR) is 121 cm³/mol. The van der Waals surface area contributed by atoms with Crippen LogP contribution in [0.4, 0.5) is 5.82 Å². The number of hydrogen-bond acceptors (Lipinski definition) is 4. The lowest BCUT2D eigenvalue weighted by atomic mass is 10.1. The van der Waals surface area contributed by atoms with Gasteiger partial charge in [-0.3, -0.25) is 0 Å². The molecule has 1 heterocycles. The van der Waals surface area contributed by atoms with Gasteiger partial charge in [0.1, 0.15) is 17.7 Å². The highest BCUT2D eigenvalue weighted by Crippen LogP contribution is 2.14. The van der Waals surface area contributed by atoms with Gasteiger partial charge < -0.3 is 15.4 Å². The number of nitrogens with zero attached hydrogens (tertiary/aromatic N) is 1. The molecule has 0 fully saturated rings. The Morgan fingerprint density at radius 2 is 1.82 bits per heavy atom. The Morgan fingerprint density at radius 3 is 2.39 bits per heavy atom. The average molecular weight is 406 g/mol. The van der Waals surface area contributed by atoms with Crippen LogP contribution in [0.3, 0.4) is 0 Å². The van der Waals surface area contributed by atoms with Crippen molar-refractivity contribution >= 4 is 23.5 Å². The summed E-state index contributed by atoms with van der Waals surface area (Å²) in [5.74, 6) is 1.88. The topological polar surface area (TPSA) is 78.0 Å². The fourth-order valence-corrected chi connectivity index (χ4v) is 3.58. The van der Waals surface area contributed by atoms with Crippen LogP contribution in [-0.4, -0.2) is 38.6 Å². The molecule has 0 saturated heterocycles. The highest BCUT2D eigenvalue weighted by atomic mass is 32.2. The third-order valence-corrected chi connectivity index (χ3v) is 5.26. The molecule has 1 aromatic rings. The van der Waals surface area contributed by atoms with Gasteiger partial charge in [0, 0.05) is 11.5 Å². The van der Waals surface area contributed by atoms with Crippen LogP contribution in [0.5, 0.6) is 0 Å². The number of H-pyrrole nitrogens is 1. The molecule has 0 aliphatic carbocycles. The van der Waals surface area contributed by atoms with Gasteiger partial charge in [0.05, 0.1) is 6.20 Å². The first-order chi connectivity index (χ1) is 13.3. The normalized spacial score (nSPS) is 13.3. The second-order valence-corrected chi connectivity index (χ2v) is 8.49. The molecule has 0 saturated carbocycles. The lowest BCUT2D eigenvalue weighted by Crippen LogP contribution is -2.31. The van der Waals surface area contributed by atoms with E-state index < -0.39 is 12.0 Å². The Morgan fingerprint density at radius 1 is 1.18 bits per heavy atom. The molecular weight excluding hydrogens is 370 g/mol. The van der Waals surface area contributed by atoms with E-state index in [-0.39, 0.29) is 0 Å². The summed E-state index contributed by atoms with van der Waals surface area (Å²) >= 11 is 1.62. The van der Waals surface area contributed by atoms with Gasteiger partial charge in [-0.2, -0.15) is 11.8 Å². The monoisotopic (exact) mass is 405 g/mol. The van der Waals surface area contributed by atoms with Gasteiger partial charge in [0.15, 0.2) is 0 Å². The van der Waals surface area contributed by atoms with E-state index in [0.717, 1.165) is 37.3 Å². The van der Waals surface area contributed by atoms with Crippen molar-refractivity contribution < 1.29 is 9.90 Å². The summed E-state index contributed by atoms with van der Waals surface area (Å²) in [4.78, 5) is 18.5. The third-order valence-electron chi connectivity index (χ3n) is 4.29. The standard InChI is InChI=1S/C22H35N3O2S/c1-16(2)8-6-9-17(3)10-7-11-18(4)12-13-28-15-20(22(26)27)25-21-14-23-19(5)24-21/h8,10,12,14,20,25H,6-7,9,11,13,15H2,1-5H3,(H,23,24)(H,26,27). The number of carboxylic acids is 1. The minimum atomic E-state index is -0.853. The summed E-state index contributed by atoms with van der Waals surface area (Å²) in [6.45, 7) is 10.5. The fraction of sp³-hybridized carbons (Fsp3) is 0.545. The zero-order valence-electron chi connectivity index (χ0n) is 17.8. The van der Waals surface area contributed by atoms with Crippen molar-refractivity contribution in [3.8, 4) is 0 Å². The van der Waals surface area contributed by atoms with Crippen molar-refractivity contribution in [3.63, 3.8) is 0 Å². The number of anilines is 1. The van der Waals surface area contributed by atoms with Gasteiger partial charge in [0.25, 0.3) is 0 Å². The van der Waals surface area contributed by atoms with Crippen LogP contribution in [0, 0.1) is 6.92 Å². The van der Waals surface area contributed by atoms with Gasteiger partial charge in [-0.05, 0) is 60.3 Å². The Bertz CT molecular complexity index is 700. The average Bonchev–Trinajstić information content (AvgIpc) is 3.02. The van der Waals surface area contributed by atoms with E-state index in [4.69, 9.17) is 0 Å². The number of nitrogens with one attached hydrogen (secondary N) is 2. The van der Waals surface area contributed by atoms with Crippen LogP contribution >= 0.6 is 11.8 Å². The number of rotatable bonds is 13. The number of aromatic nitrogens is 2. The quantitative estimate of drug-likeness (QED) is 0.288. The highest BCUT2D eigenvalue weighted by molar-refractivity contribution is 7.99. The summed E-state index contributed by atoms with van der Waals surface area (Å²) in [5.41, 5.74) is 4.18. The van der Waals surface area contributed by atoms with Crippen LogP contribution in [0.2, 0.25) is 0 Å². The Kier molecular flexibility index (Phi) is 11.4. The highest BCUT2D eigenvalue weighted by Gasteiger charge is 2.17. The van der Waals surface area contributed by atoms with Gasteiger partial charge in [-0.25, -0.2) is 9.78 Å². The molecule has 0 amide bonds. The first-order valence-electron chi connectivity index (χ1n) is 9.81. The van der Waals surface area contributed by atoms with Crippen molar-refractivity contribution in [2.45, 2.75) is 66.3 Å². The predicted octanol–water partition coefficient (Wildman–Crippen LogP) is 5.74. The number of carbonyl (C=O) groups is 1. The smallest absolute Gasteiger partial charge is 0.327 e. The molecule has 0 radical (unpaired) electrons. The van der Waals surface area contributed by atoms with E-state index in [1.165, 1.54) is 16.7 Å². The molecule has 0 aliphatic rings. The van der Waals surface area contributed by atoms with E-state index in [1.54, 1.807) is 18.0 Å². The minimum Gasteiger partial charge on any atom is -0.480 e. The van der Waals surface area contributed by atoms with Gasteiger partial charge in [0.2, 0.25) is 0 Å². The molecule has 0 aliphatic heterocycles. The molecule has 5 nitrogen and oxygen atoms in total. The van der Waals surface area contributed by atoms with Gasteiger partial charge >= 0.3 is 5.97 Å². The fourth-order valence-electron chi connectivity index (χ4n) is 2.58. The first-order valence-corrected chi connectivity index (χ1v) is 11.0. The molecule has 0 spiro atoms. The molecule has 3 N–H and O–H groups in total. The Hall–Kier alpha value is -1.95. The second kappa shape index (κ2) is 13.3. The second-order valence-electron chi connectivity index (χ2n) is 7.41. The SMILES string of the molecule is CC(C)=CCCC(C)=CCCC(C)=CCSCC(Nc1cnc(C)[nH]1)C(=O)O. The summed E-state index contributed by atoms with van der Waals surface area (Å²) in [5, 5.41) is 12.4. The number of allylic oxidation sites excluding steroid dienone is 5. The van der Waals surface area contributed by atoms with Crippen molar-refractivity contribution in [1.29, 1.82) is 0 Å². The Labute approximate surface area is 173 Å². The molecule has 0 bridgehead atoms. The van der Waals surface area contributed by atoms with Crippen LogP contribution in [0.25, 0.3) is 0 Å². The Balaban J connectivity index is 2.30. The van der Waals surface area contributed by atoms with E-state index in [0.29, 0.717) is 11.6 Å². The summed E-state index contributed by atoms with van der Waals surface area (Å²) in [6, 6.07) is -0.634. The van der Waals surface area contributed by atoms with Crippen molar-refractivity contribution in [1.82, 2.24) is 9.97 Å². The molecule has 1 rings (SSSR count). The van der Waals surface area contributed by atoms with Gasteiger partial charge in [-0.15, -0.1) is 0 Å². The number of aromatic amines is 1. The molecule has 1 unspecified atom stereocenters. The number of imidazole rings is 1. The van der Waals surface area contributed by atoms with E-state index in [1.807, 2.05) is 6.92 Å². The number of aryl methyl sites for hydroxylation is 1. The summed E-state index contributed by atoms with van der Waals surface area (Å²) < 4.78 is 0. The number of carboxylic acid groups (broad SMARTS) is 1. The lowest BCUT2D eigenvalue weighted by molar-refractivity contribution is -0.137. The van der Waals surface area contributed by atoms with Gasteiger partial charge in [-0.1, -0.05) is 34.9 Å². The van der Waals surface area contributed by atoms with Crippen molar-refractivity contribution in [2.75, 3.05) is 16.8 Å². The molecule has 0 aromatic carbocycles. The zero-order valence-corrected chi connectivity index (χ0v) is 18.7. The van der Waals surface area contributed by atoms with E-state index in [2.05, 4.69) is 61.2 Å². The number of thioether (sulfide) groups is 1. The zero-order chi connectivity index (χ0) is 20.9. The molecule has 6 heteroatoms. The summed E-state index contributed by atoms with van der Waals surface area (Å²) in [7, 11) is 0. The maximum atomic E-state index is 11.4. The molecule has 28 heavy (non-hydrogen) atoms. The van der Waals surface area contributed by atoms with Crippen LogP contribution in [0.1, 0.15) is 59.2 Å². The third kappa shape index (κ3) is 11.0. The maximum absolute atomic E-state index is 11.4. The first kappa shape index (κ1) is 24.1. The molecule has 156 valence electrons. The lowest BCUT2D eigenvalue weighted by Gasteiger charge is -2.13. The summed E-state index contributed by atoms with van der Waals surface area (Å²) in [6.07, 6.45) is 12.8. The van der Waals surface area contributed by atoms with Crippen LogP contribution < -0.4 is 5.32 Å². The number of aliphatic carboxylic acids is 1. The van der Waals surface area contributed by atoms with E-state index >= 15 is 0 Å². The van der Waals surface area contributed by atoms with E-state index in [9.17, 15) is 9.90 Å². The van der Waals surface area contributed by atoms with Crippen molar-refractivity contribution in [3.05, 3.63) is 47.0 Å². The molecule has 1 aromatic heterocycles. The van der Waals surface area contributed by atoms with Crippen molar-refractivity contribution in [2.24, 2.45) is 0 Å².